The summed E-state index contributed by atoms with van der Waals surface area (Å²) in [4.78, 5) is 29.1. The van der Waals surface area contributed by atoms with Crippen LogP contribution in [0.2, 0.25) is 0 Å². The second kappa shape index (κ2) is 12.4. The number of nitrogens with one attached hydrogen (secondary N) is 1. The van der Waals surface area contributed by atoms with Crippen molar-refractivity contribution < 1.29 is 9.59 Å². The Labute approximate surface area is 185 Å². The van der Waals surface area contributed by atoms with Crippen molar-refractivity contribution in [2.24, 2.45) is 0 Å². The molecule has 162 valence electrons. The first-order valence-corrected chi connectivity index (χ1v) is 11.8. The minimum atomic E-state index is -0.465. The van der Waals surface area contributed by atoms with Crippen LogP contribution in [0, 0.1) is 6.92 Å². The minimum absolute atomic E-state index is 0.0211. The van der Waals surface area contributed by atoms with E-state index in [1.165, 1.54) is 0 Å². The Bertz CT molecular complexity index is 810. The van der Waals surface area contributed by atoms with E-state index in [4.69, 9.17) is 0 Å². The standard InChI is InChI=1S/C25H34N2O2S/c1-5-20(4)26-25(29)23(6-2)27(18-21-13-11-10-12-19(21)3)24(28)16-17-30-22-14-8-7-9-15-22/h7-15,20,23H,5-6,16-18H2,1-4H3,(H,26,29)/t20-,23+/m0/s1. The Hall–Kier alpha value is -2.27. The number of hydrogen-bond acceptors (Lipinski definition) is 3. The molecule has 2 aromatic carbocycles. The molecule has 0 aromatic heterocycles. The lowest BCUT2D eigenvalue weighted by Crippen LogP contribution is -2.50. The molecule has 0 aliphatic rings. The highest BCUT2D eigenvalue weighted by Gasteiger charge is 2.29. The number of hydrogen-bond donors (Lipinski definition) is 1. The van der Waals surface area contributed by atoms with E-state index >= 15 is 0 Å². The first-order valence-electron chi connectivity index (χ1n) is 10.8. The highest BCUT2D eigenvalue weighted by molar-refractivity contribution is 7.99. The van der Waals surface area contributed by atoms with Crippen molar-refractivity contribution in [3.8, 4) is 0 Å². The largest absolute Gasteiger partial charge is 0.352 e. The Morgan fingerprint density at radius 1 is 1.00 bits per heavy atom. The average Bonchev–Trinajstić information content (AvgIpc) is 2.75. The van der Waals surface area contributed by atoms with Gasteiger partial charge in [0.05, 0.1) is 0 Å². The topological polar surface area (TPSA) is 49.4 Å². The molecule has 2 atom stereocenters. The van der Waals surface area contributed by atoms with Crippen LogP contribution in [-0.2, 0) is 16.1 Å². The third-order valence-electron chi connectivity index (χ3n) is 5.32. The molecule has 1 N–H and O–H groups in total. The summed E-state index contributed by atoms with van der Waals surface area (Å²) in [7, 11) is 0. The van der Waals surface area contributed by atoms with Crippen molar-refractivity contribution in [1.29, 1.82) is 0 Å². The molecule has 0 spiro atoms. The van der Waals surface area contributed by atoms with Crippen molar-refractivity contribution in [2.75, 3.05) is 5.75 Å². The summed E-state index contributed by atoms with van der Waals surface area (Å²) in [6.45, 7) is 8.51. The van der Waals surface area contributed by atoms with Gasteiger partial charge in [-0.2, -0.15) is 0 Å². The lowest BCUT2D eigenvalue weighted by molar-refractivity contribution is -0.141. The quantitative estimate of drug-likeness (QED) is 0.503. The van der Waals surface area contributed by atoms with Gasteiger partial charge in [0, 0.05) is 29.7 Å². The van der Waals surface area contributed by atoms with Gasteiger partial charge in [0.25, 0.3) is 0 Å². The van der Waals surface area contributed by atoms with Crippen molar-refractivity contribution in [3.05, 3.63) is 65.7 Å². The van der Waals surface area contributed by atoms with Gasteiger partial charge in [0.2, 0.25) is 11.8 Å². The zero-order valence-electron chi connectivity index (χ0n) is 18.6. The molecule has 0 saturated heterocycles. The van der Waals surface area contributed by atoms with Crippen LogP contribution in [0.4, 0.5) is 0 Å². The molecular weight excluding hydrogens is 392 g/mol. The van der Waals surface area contributed by atoms with E-state index in [-0.39, 0.29) is 17.9 Å². The van der Waals surface area contributed by atoms with Gasteiger partial charge in [0.15, 0.2) is 0 Å². The van der Waals surface area contributed by atoms with E-state index in [1.54, 1.807) is 16.7 Å². The monoisotopic (exact) mass is 426 g/mol. The van der Waals surface area contributed by atoms with Gasteiger partial charge in [-0.1, -0.05) is 56.3 Å². The van der Waals surface area contributed by atoms with E-state index < -0.39 is 6.04 Å². The number of rotatable bonds is 11. The van der Waals surface area contributed by atoms with Crippen LogP contribution in [0.1, 0.15) is 51.2 Å². The van der Waals surface area contributed by atoms with Gasteiger partial charge in [-0.05, 0) is 49.9 Å². The summed E-state index contributed by atoms with van der Waals surface area (Å²) in [6.07, 6.45) is 1.85. The van der Waals surface area contributed by atoms with E-state index in [2.05, 4.69) is 17.4 Å². The van der Waals surface area contributed by atoms with E-state index in [0.29, 0.717) is 25.1 Å². The molecule has 2 aromatic rings. The molecule has 0 saturated carbocycles. The summed E-state index contributed by atoms with van der Waals surface area (Å²) >= 11 is 1.67. The number of carbonyl (C=O) groups is 2. The first kappa shape index (κ1) is 24.0. The zero-order valence-corrected chi connectivity index (χ0v) is 19.4. The number of nitrogens with zero attached hydrogens (tertiary/aromatic N) is 1. The smallest absolute Gasteiger partial charge is 0.243 e. The molecule has 5 heteroatoms. The predicted octanol–water partition coefficient (Wildman–Crippen LogP) is 5.20. The summed E-state index contributed by atoms with van der Waals surface area (Å²) in [5.41, 5.74) is 2.21. The highest BCUT2D eigenvalue weighted by atomic mass is 32.2. The number of carbonyl (C=O) groups excluding carboxylic acids is 2. The third-order valence-corrected chi connectivity index (χ3v) is 6.33. The van der Waals surface area contributed by atoms with Crippen LogP contribution in [-0.4, -0.2) is 34.6 Å². The van der Waals surface area contributed by atoms with Gasteiger partial charge in [-0.15, -0.1) is 11.8 Å². The van der Waals surface area contributed by atoms with Gasteiger partial charge in [0.1, 0.15) is 6.04 Å². The molecule has 0 unspecified atom stereocenters. The molecular formula is C25H34N2O2S. The molecule has 2 rings (SSSR count). The Morgan fingerprint density at radius 3 is 2.30 bits per heavy atom. The van der Waals surface area contributed by atoms with Crippen molar-refractivity contribution >= 4 is 23.6 Å². The van der Waals surface area contributed by atoms with Crippen LogP contribution in [0.15, 0.2) is 59.5 Å². The maximum absolute atomic E-state index is 13.2. The fourth-order valence-corrected chi connectivity index (χ4v) is 4.11. The molecule has 0 aliphatic heterocycles. The Kier molecular flexibility index (Phi) is 9.95. The van der Waals surface area contributed by atoms with Crippen LogP contribution < -0.4 is 5.32 Å². The maximum Gasteiger partial charge on any atom is 0.243 e. The van der Waals surface area contributed by atoms with E-state index in [0.717, 1.165) is 22.4 Å². The molecule has 0 radical (unpaired) electrons. The minimum Gasteiger partial charge on any atom is -0.352 e. The second-order valence-electron chi connectivity index (χ2n) is 7.60. The molecule has 2 amide bonds. The van der Waals surface area contributed by atoms with Crippen molar-refractivity contribution in [3.63, 3.8) is 0 Å². The van der Waals surface area contributed by atoms with Crippen molar-refractivity contribution in [1.82, 2.24) is 10.2 Å². The van der Waals surface area contributed by atoms with E-state index in [9.17, 15) is 9.59 Å². The molecule has 30 heavy (non-hydrogen) atoms. The van der Waals surface area contributed by atoms with Crippen LogP contribution in [0.5, 0.6) is 0 Å². The fraction of sp³-hybridized carbons (Fsp3) is 0.440. The number of thioether (sulfide) groups is 1. The van der Waals surface area contributed by atoms with E-state index in [1.807, 2.05) is 70.2 Å². The second-order valence-corrected chi connectivity index (χ2v) is 8.77. The normalized spacial score (nSPS) is 12.8. The van der Waals surface area contributed by atoms with Crippen LogP contribution >= 0.6 is 11.8 Å². The van der Waals surface area contributed by atoms with Gasteiger partial charge >= 0.3 is 0 Å². The van der Waals surface area contributed by atoms with Crippen LogP contribution in [0.25, 0.3) is 0 Å². The Morgan fingerprint density at radius 2 is 1.67 bits per heavy atom. The first-order chi connectivity index (χ1) is 14.5. The number of aryl methyl sites for hydroxylation is 1. The van der Waals surface area contributed by atoms with Gasteiger partial charge < -0.3 is 10.2 Å². The lowest BCUT2D eigenvalue weighted by Gasteiger charge is -2.32. The SMILES string of the molecule is CC[C@H](C(=O)N[C@@H](C)CC)N(Cc1ccccc1C)C(=O)CCSc1ccccc1. The molecule has 0 heterocycles. The Balaban J connectivity index is 2.15. The number of amides is 2. The molecule has 0 aliphatic carbocycles. The predicted molar refractivity (Wildman–Crippen MR) is 125 cm³/mol. The zero-order chi connectivity index (χ0) is 21.9. The summed E-state index contributed by atoms with van der Waals surface area (Å²) in [5.74, 6) is 0.647. The maximum atomic E-state index is 13.2. The molecule has 0 bridgehead atoms. The van der Waals surface area contributed by atoms with Gasteiger partial charge in [-0.3, -0.25) is 9.59 Å². The summed E-state index contributed by atoms with van der Waals surface area (Å²) in [5, 5.41) is 3.06. The van der Waals surface area contributed by atoms with Crippen molar-refractivity contribution in [2.45, 2.75) is 70.5 Å². The fourth-order valence-electron chi connectivity index (χ4n) is 3.25. The van der Waals surface area contributed by atoms with Crippen LogP contribution in [0.3, 0.4) is 0 Å². The summed E-state index contributed by atoms with van der Waals surface area (Å²) in [6, 6.07) is 17.8. The summed E-state index contributed by atoms with van der Waals surface area (Å²) < 4.78 is 0. The highest BCUT2D eigenvalue weighted by Crippen LogP contribution is 2.21. The average molecular weight is 427 g/mol. The number of benzene rings is 2. The third kappa shape index (κ3) is 7.21. The van der Waals surface area contributed by atoms with Gasteiger partial charge in [-0.25, -0.2) is 0 Å². The molecule has 4 nitrogen and oxygen atoms in total. The molecule has 0 fully saturated rings. The lowest BCUT2D eigenvalue weighted by atomic mass is 10.1.